The van der Waals surface area contributed by atoms with Crippen molar-refractivity contribution >= 4 is 29.9 Å². The fourth-order valence-electron chi connectivity index (χ4n) is 4.37. The van der Waals surface area contributed by atoms with Gasteiger partial charge in [0.2, 0.25) is 0 Å². The van der Waals surface area contributed by atoms with E-state index >= 15 is 0 Å². The lowest BCUT2D eigenvalue weighted by molar-refractivity contribution is 0.116. The van der Waals surface area contributed by atoms with Crippen LogP contribution in [0.3, 0.4) is 0 Å². The molecule has 2 saturated heterocycles. The first-order chi connectivity index (χ1) is 14.6. The number of guanidine groups is 1. The van der Waals surface area contributed by atoms with Crippen LogP contribution in [-0.2, 0) is 0 Å². The normalized spacial score (nSPS) is 22.1. The van der Waals surface area contributed by atoms with Gasteiger partial charge in [0.05, 0.1) is 19.7 Å². The van der Waals surface area contributed by atoms with E-state index in [2.05, 4.69) is 70.6 Å². The molecule has 1 aromatic rings. The average Bonchev–Trinajstić information content (AvgIpc) is 3.29. The quantitative estimate of drug-likeness (QED) is 0.298. The van der Waals surface area contributed by atoms with Crippen molar-refractivity contribution in [2.45, 2.75) is 31.8 Å². The first-order valence-electron chi connectivity index (χ1n) is 11.4. The molecule has 8 heteroatoms. The van der Waals surface area contributed by atoms with Crippen molar-refractivity contribution in [2.24, 2.45) is 4.99 Å². The maximum Gasteiger partial charge on any atom is 0.191 e. The Hall–Kier alpha value is -1.10. The molecule has 176 valence electrons. The molecular formula is C23H41IN6O. The van der Waals surface area contributed by atoms with Crippen LogP contribution < -0.4 is 15.4 Å². The first kappa shape index (κ1) is 26.2. The van der Waals surface area contributed by atoms with Crippen LogP contribution >= 0.6 is 24.0 Å². The molecule has 3 rings (SSSR count). The van der Waals surface area contributed by atoms with Gasteiger partial charge in [-0.05, 0) is 64.6 Å². The summed E-state index contributed by atoms with van der Waals surface area (Å²) < 4.78 is 5.34. The van der Waals surface area contributed by atoms with Crippen molar-refractivity contribution in [3.63, 3.8) is 0 Å². The van der Waals surface area contributed by atoms with Crippen LogP contribution in [0.5, 0.6) is 5.75 Å². The SMILES string of the molecule is CCNC(=NCC(c1ccc(OC)cc1)N1CCCC1)NCC1CN(C)CCN1C.I. The van der Waals surface area contributed by atoms with Crippen LogP contribution in [0.4, 0.5) is 0 Å². The van der Waals surface area contributed by atoms with Gasteiger partial charge < -0.3 is 20.3 Å². The first-order valence-corrected chi connectivity index (χ1v) is 11.4. The van der Waals surface area contributed by atoms with E-state index in [-0.39, 0.29) is 24.0 Å². The molecule has 1 aromatic carbocycles. The zero-order chi connectivity index (χ0) is 21.3. The number of aliphatic imine (C=N–C) groups is 1. The fraction of sp³-hybridized carbons (Fsp3) is 0.696. The predicted octanol–water partition coefficient (Wildman–Crippen LogP) is 2.25. The topological polar surface area (TPSA) is 55.4 Å². The third kappa shape index (κ3) is 7.76. The number of nitrogens with one attached hydrogen (secondary N) is 2. The molecule has 2 aliphatic heterocycles. The van der Waals surface area contributed by atoms with E-state index in [4.69, 9.17) is 9.73 Å². The van der Waals surface area contributed by atoms with E-state index in [0.29, 0.717) is 12.1 Å². The zero-order valence-electron chi connectivity index (χ0n) is 19.6. The van der Waals surface area contributed by atoms with E-state index in [1.807, 2.05) is 0 Å². The number of likely N-dealkylation sites (N-methyl/N-ethyl adjacent to an activating group) is 2. The number of piperazine rings is 1. The van der Waals surface area contributed by atoms with Gasteiger partial charge in [-0.2, -0.15) is 0 Å². The summed E-state index contributed by atoms with van der Waals surface area (Å²) in [4.78, 5) is 12.4. The van der Waals surface area contributed by atoms with Crippen LogP contribution in [0.1, 0.15) is 31.4 Å². The monoisotopic (exact) mass is 544 g/mol. The number of hydrogen-bond donors (Lipinski definition) is 2. The molecule has 2 fully saturated rings. The second kappa shape index (κ2) is 13.4. The maximum absolute atomic E-state index is 5.34. The fourth-order valence-corrected chi connectivity index (χ4v) is 4.37. The van der Waals surface area contributed by atoms with E-state index in [0.717, 1.165) is 64.1 Å². The van der Waals surface area contributed by atoms with Crippen LogP contribution in [0.2, 0.25) is 0 Å². The molecule has 2 aliphatic rings. The Morgan fingerprint density at radius 3 is 2.45 bits per heavy atom. The highest BCUT2D eigenvalue weighted by atomic mass is 127. The summed E-state index contributed by atoms with van der Waals surface area (Å²) in [5, 5.41) is 7.02. The molecule has 0 bridgehead atoms. The van der Waals surface area contributed by atoms with Crippen molar-refractivity contribution in [3.05, 3.63) is 29.8 Å². The molecule has 0 aromatic heterocycles. The third-order valence-electron chi connectivity index (χ3n) is 6.33. The van der Waals surface area contributed by atoms with Gasteiger partial charge in [0.1, 0.15) is 5.75 Å². The summed E-state index contributed by atoms with van der Waals surface area (Å²) in [7, 11) is 6.14. The Morgan fingerprint density at radius 1 is 1.10 bits per heavy atom. The molecular weight excluding hydrogens is 503 g/mol. The largest absolute Gasteiger partial charge is 0.497 e. The summed E-state index contributed by atoms with van der Waals surface area (Å²) in [5.41, 5.74) is 1.31. The Bertz CT molecular complexity index is 665. The average molecular weight is 545 g/mol. The smallest absolute Gasteiger partial charge is 0.191 e. The minimum Gasteiger partial charge on any atom is -0.497 e. The molecule has 2 N–H and O–H groups in total. The molecule has 0 aliphatic carbocycles. The summed E-state index contributed by atoms with van der Waals surface area (Å²) in [6.07, 6.45) is 2.55. The highest BCUT2D eigenvalue weighted by molar-refractivity contribution is 14.0. The standard InChI is InChI=1S/C23H40N6O.HI/c1-5-24-23(25-16-20-18-27(2)14-15-28(20)3)26-17-22(29-12-6-7-13-29)19-8-10-21(30-4)11-9-19;/h8-11,20,22H,5-7,12-18H2,1-4H3,(H2,24,25,26);1H. The summed E-state index contributed by atoms with van der Waals surface area (Å²) in [6.45, 7) is 10.3. The van der Waals surface area contributed by atoms with Crippen molar-refractivity contribution in [2.75, 3.05) is 73.6 Å². The number of likely N-dealkylation sites (tertiary alicyclic amines) is 1. The minimum atomic E-state index is 0. The number of rotatable bonds is 8. The van der Waals surface area contributed by atoms with Gasteiger partial charge in [0, 0.05) is 38.8 Å². The van der Waals surface area contributed by atoms with E-state index in [1.54, 1.807) is 7.11 Å². The Labute approximate surface area is 205 Å². The lowest BCUT2D eigenvalue weighted by Gasteiger charge is -2.38. The Balaban J connectivity index is 0.00000341. The van der Waals surface area contributed by atoms with Crippen LogP contribution in [0, 0.1) is 0 Å². The van der Waals surface area contributed by atoms with E-state index in [1.165, 1.54) is 18.4 Å². The maximum atomic E-state index is 5.34. The van der Waals surface area contributed by atoms with Crippen LogP contribution in [-0.4, -0.2) is 100 Å². The van der Waals surface area contributed by atoms with Gasteiger partial charge in [0.25, 0.3) is 0 Å². The van der Waals surface area contributed by atoms with Crippen molar-refractivity contribution < 1.29 is 4.74 Å². The van der Waals surface area contributed by atoms with Crippen molar-refractivity contribution in [3.8, 4) is 5.75 Å². The molecule has 0 amide bonds. The van der Waals surface area contributed by atoms with Crippen molar-refractivity contribution in [1.29, 1.82) is 0 Å². The number of nitrogens with zero attached hydrogens (tertiary/aromatic N) is 4. The van der Waals surface area contributed by atoms with Crippen LogP contribution in [0.25, 0.3) is 0 Å². The summed E-state index contributed by atoms with van der Waals surface area (Å²) in [6, 6.07) is 9.29. The number of hydrogen-bond acceptors (Lipinski definition) is 5. The Kier molecular flexibility index (Phi) is 11.3. The molecule has 7 nitrogen and oxygen atoms in total. The second-order valence-corrected chi connectivity index (χ2v) is 8.53. The number of methoxy groups -OCH3 is 1. The highest BCUT2D eigenvalue weighted by Crippen LogP contribution is 2.27. The molecule has 2 unspecified atom stereocenters. The lowest BCUT2D eigenvalue weighted by atomic mass is 10.1. The third-order valence-corrected chi connectivity index (χ3v) is 6.33. The molecule has 31 heavy (non-hydrogen) atoms. The molecule has 0 spiro atoms. The van der Waals surface area contributed by atoms with Crippen LogP contribution in [0.15, 0.2) is 29.3 Å². The Morgan fingerprint density at radius 2 is 1.81 bits per heavy atom. The van der Waals surface area contributed by atoms with E-state index in [9.17, 15) is 0 Å². The number of ether oxygens (including phenoxy) is 1. The molecule has 2 heterocycles. The van der Waals surface area contributed by atoms with Gasteiger partial charge in [-0.1, -0.05) is 12.1 Å². The second-order valence-electron chi connectivity index (χ2n) is 8.53. The van der Waals surface area contributed by atoms with Gasteiger partial charge in [-0.15, -0.1) is 24.0 Å². The number of halogens is 1. The highest BCUT2D eigenvalue weighted by Gasteiger charge is 2.24. The molecule has 0 radical (unpaired) electrons. The van der Waals surface area contributed by atoms with Gasteiger partial charge in [0.15, 0.2) is 5.96 Å². The van der Waals surface area contributed by atoms with E-state index < -0.39 is 0 Å². The lowest BCUT2D eigenvalue weighted by Crippen LogP contribution is -2.55. The zero-order valence-corrected chi connectivity index (χ0v) is 22.0. The summed E-state index contributed by atoms with van der Waals surface area (Å²) >= 11 is 0. The van der Waals surface area contributed by atoms with Crippen molar-refractivity contribution in [1.82, 2.24) is 25.3 Å². The van der Waals surface area contributed by atoms with Gasteiger partial charge >= 0.3 is 0 Å². The predicted molar refractivity (Wildman–Crippen MR) is 140 cm³/mol. The van der Waals surface area contributed by atoms with Gasteiger partial charge in [-0.3, -0.25) is 14.8 Å². The summed E-state index contributed by atoms with van der Waals surface area (Å²) in [5.74, 6) is 1.82. The van der Waals surface area contributed by atoms with Gasteiger partial charge in [-0.25, -0.2) is 0 Å². The molecule has 2 atom stereocenters. The molecule has 0 saturated carbocycles. The number of benzene rings is 1. The minimum absolute atomic E-state index is 0.